The van der Waals surface area contributed by atoms with Crippen molar-refractivity contribution < 1.29 is 14.3 Å². The number of methoxy groups -OCH3 is 1. The Balaban J connectivity index is 1.78. The molecule has 0 aliphatic rings. The standard InChI is InChI=1S/C21H19N3O3/c1-14(25)15-6-5-7-17(10-15)23-18-11-16(12-22-13-18)21(26)24-19-8-3-4-9-20(19)27-2/h3-13,23H,1-2H3,(H,24,26). The van der Waals surface area contributed by atoms with Crippen LogP contribution in [0.25, 0.3) is 0 Å². The van der Waals surface area contributed by atoms with Crippen LogP contribution in [0.3, 0.4) is 0 Å². The molecule has 0 bridgehead atoms. The number of hydrogen-bond acceptors (Lipinski definition) is 5. The summed E-state index contributed by atoms with van der Waals surface area (Å²) in [6.07, 6.45) is 3.10. The molecule has 0 atom stereocenters. The summed E-state index contributed by atoms with van der Waals surface area (Å²) in [4.78, 5) is 28.2. The Kier molecular flexibility index (Phi) is 5.47. The van der Waals surface area contributed by atoms with Crippen molar-refractivity contribution in [3.63, 3.8) is 0 Å². The van der Waals surface area contributed by atoms with Crippen LogP contribution in [-0.2, 0) is 0 Å². The second kappa shape index (κ2) is 8.14. The third-order valence-electron chi connectivity index (χ3n) is 3.91. The second-order valence-electron chi connectivity index (χ2n) is 5.88. The maximum Gasteiger partial charge on any atom is 0.257 e. The van der Waals surface area contributed by atoms with Gasteiger partial charge in [0.25, 0.3) is 5.91 Å². The smallest absolute Gasteiger partial charge is 0.257 e. The molecule has 2 aromatic carbocycles. The Labute approximate surface area is 157 Å². The van der Waals surface area contributed by atoms with Crippen molar-refractivity contribution >= 4 is 28.8 Å². The summed E-state index contributed by atoms with van der Waals surface area (Å²) in [7, 11) is 1.55. The second-order valence-corrected chi connectivity index (χ2v) is 5.88. The van der Waals surface area contributed by atoms with Crippen LogP contribution in [0.2, 0.25) is 0 Å². The van der Waals surface area contributed by atoms with E-state index in [4.69, 9.17) is 4.74 Å². The minimum atomic E-state index is -0.298. The number of amides is 1. The first-order valence-corrected chi connectivity index (χ1v) is 8.34. The number of para-hydroxylation sites is 2. The van der Waals surface area contributed by atoms with Crippen LogP contribution in [0.5, 0.6) is 5.75 Å². The molecule has 0 fully saturated rings. The number of hydrogen-bond donors (Lipinski definition) is 2. The molecule has 0 spiro atoms. The number of pyridine rings is 1. The van der Waals surface area contributed by atoms with Gasteiger partial charge in [0, 0.05) is 17.4 Å². The fourth-order valence-electron chi connectivity index (χ4n) is 2.56. The highest BCUT2D eigenvalue weighted by Gasteiger charge is 2.11. The Morgan fingerprint density at radius 2 is 1.70 bits per heavy atom. The molecule has 6 heteroatoms. The van der Waals surface area contributed by atoms with Gasteiger partial charge in [-0.15, -0.1) is 0 Å². The lowest BCUT2D eigenvalue weighted by Gasteiger charge is -2.11. The lowest BCUT2D eigenvalue weighted by molar-refractivity contribution is 0.101. The zero-order valence-corrected chi connectivity index (χ0v) is 15.0. The van der Waals surface area contributed by atoms with E-state index in [1.165, 1.54) is 13.1 Å². The minimum Gasteiger partial charge on any atom is -0.495 e. The molecule has 0 aliphatic heterocycles. The van der Waals surface area contributed by atoms with Gasteiger partial charge in [0.1, 0.15) is 5.75 Å². The molecule has 3 rings (SSSR count). The molecule has 0 radical (unpaired) electrons. The number of nitrogens with one attached hydrogen (secondary N) is 2. The van der Waals surface area contributed by atoms with Gasteiger partial charge in [-0.25, -0.2) is 0 Å². The zero-order valence-electron chi connectivity index (χ0n) is 15.0. The molecule has 0 saturated carbocycles. The van der Waals surface area contributed by atoms with Crippen molar-refractivity contribution in [2.24, 2.45) is 0 Å². The van der Waals surface area contributed by atoms with Gasteiger partial charge < -0.3 is 15.4 Å². The third-order valence-corrected chi connectivity index (χ3v) is 3.91. The van der Waals surface area contributed by atoms with Crippen LogP contribution in [0.4, 0.5) is 17.1 Å². The Hall–Kier alpha value is -3.67. The van der Waals surface area contributed by atoms with Crippen molar-refractivity contribution in [1.82, 2.24) is 4.98 Å². The van der Waals surface area contributed by atoms with E-state index < -0.39 is 0 Å². The Bertz CT molecular complexity index is 986. The first-order chi connectivity index (χ1) is 13.1. The first-order valence-electron chi connectivity index (χ1n) is 8.34. The van der Waals surface area contributed by atoms with Crippen LogP contribution < -0.4 is 15.4 Å². The SMILES string of the molecule is COc1ccccc1NC(=O)c1cncc(Nc2cccc(C(C)=O)c2)c1. The number of Topliss-reactive ketones (excluding diaryl/α,β-unsaturated/α-hetero) is 1. The zero-order chi connectivity index (χ0) is 19.2. The molecule has 0 aliphatic carbocycles. The quantitative estimate of drug-likeness (QED) is 0.640. The van der Waals surface area contributed by atoms with E-state index in [-0.39, 0.29) is 11.7 Å². The molecule has 6 nitrogen and oxygen atoms in total. The number of anilines is 3. The predicted octanol–water partition coefficient (Wildman–Crippen LogP) is 4.29. The maximum absolute atomic E-state index is 12.6. The molecule has 0 saturated heterocycles. The van der Waals surface area contributed by atoms with Crippen LogP contribution in [0.1, 0.15) is 27.6 Å². The molecule has 2 N–H and O–H groups in total. The van der Waals surface area contributed by atoms with Crippen LogP contribution in [0.15, 0.2) is 67.0 Å². The molecule has 136 valence electrons. The minimum absolute atomic E-state index is 0.0123. The lowest BCUT2D eigenvalue weighted by Crippen LogP contribution is -2.13. The molecule has 1 heterocycles. The van der Waals surface area contributed by atoms with Crippen molar-refractivity contribution in [2.75, 3.05) is 17.7 Å². The van der Waals surface area contributed by atoms with E-state index in [1.807, 2.05) is 18.2 Å². The number of carbonyl (C=O) groups is 2. The summed E-state index contributed by atoms with van der Waals surface area (Å²) >= 11 is 0. The van der Waals surface area contributed by atoms with Gasteiger partial charge in [-0.1, -0.05) is 24.3 Å². The highest BCUT2D eigenvalue weighted by Crippen LogP contribution is 2.24. The van der Waals surface area contributed by atoms with Crippen molar-refractivity contribution in [3.8, 4) is 5.75 Å². The monoisotopic (exact) mass is 361 g/mol. The summed E-state index contributed by atoms with van der Waals surface area (Å²) in [6.45, 7) is 1.52. The Morgan fingerprint density at radius 1 is 0.926 bits per heavy atom. The van der Waals surface area contributed by atoms with Gasteiger partial charge >= 0.3 is 0 Å². The number of carbonyl (C=O) groups excluding carboxylic acids is 2. The van der Waals surface area contributed by atoms with Gasteiger partial charge in [0.05, 0.1) is 30.2 Å². The van der Waals surface area contributed by atoms with E-state index in [9.17, 15) is 9.59 Å². The summed E-state index contributed by atoms with van der Waals surface area (Å²) in [6, 6.07) is 16.0. The molecular weight excluding hydrogens is 342 g/mol. The van der Waals surface area contributed by atoms with E-state index in [1.54, 1.807) is 49.7 Å². The first kappa shape index (κ1) is 18.1. The van der Waals surface area contributed by atoms with Crippen molar-refractivity contribution in [3.05, 3.63) is 78.1 Å². The predicted molar refractivity (Wildman–Crippen MR) is 105 cm³/mol. The number of rotatable bonds is 6. The molecule has 1 aromatic heterocycles. The number of ether oxygens (including phenoxy) is 1. The highest BCUT2D eigenvalue weighted by atomic mass is 16.5. The Morgan fingerprint density at radius 3 is 2.48 bits per heavy atom. The molecular formula is C21H19N3O3. The van der Waals surface area contributed by atoms with Crippen molar-refractivity contribution in [2.45, 2.75) is 6.92 Å². The van der Waals surface area contributed by atoms with Crippen LogP contribution >= 0.6 is 0 Å². The normalized spacial score (nSPS) is 10.1. The van der Waals surface area contributed by atoms with E-state index in [0.717, 1.165) is 5.69 Å². The summed E-state index contributed by atoms with van der Waals surface area (Å²) < 4.78 is 5.25. The van der Waals surface area contributed by atoms with Gasteiger partial charge in [-0.3, -0.25) is 14.6 Å². The molecule has 3 aromatic rings. The molecule has 0 unspecified atom stereocenters. The van der Waals surface area contributed by atoms with E-state index in [2.05, 4.69) is 15.6 Å². The van der Waals surface area contributed by atoms with Gasteiger partial charge in [-0.05, 0) is 37.3 Å². The van der Waals surface area contributed by atoms with Crippen molar-refractivity contribution in [1.29, 1.82) is 0 Å². The topological polar surface area (TPSA) is 80.3 Å². The maximum atomic E-state index is 12.6. The summed E-state index contributed by atoms with van der Waals surface area (Å²) in [5.74, 6) is 0.268. The average Bonchev–Trinajstić information content (AvgIpc) is 2.69. The van der Waals surface area contributed by atoms with E-state index in [0.29, 0.717) is 28.3 Å². The molecule has 27 heavy (non-hydrogen) atoms. The molecule has 1 amide bonds. The lowest BCUT2D eigenvalue weighted by atomic mass is 10.1. The fourth-order valence-corrected chi connectivity index (χ4v) is 2.56. The van der Waals surface area contributed by atoms with Gasteiger partial charge in [0.15, 0.2) is 5.78 Å². The van der Waals surface area contributed by atoms with E-state index >= 15 is 0 Å². The number of aromatic nitrogens is 1. The van der Waals surface area contributed by atoms with Crippen LogP contribution in [0, 0.1) is 0 Å². The average molecular weight is 361 g/mol. The van der Waals surface area contributed by atoms with Gasteiger partial charge in [0.2, 0.25) is 0 Å². The largest absolute Gasteiger partial charge is 0.495 e. The third kappa shape index (κ3) is 4.49. The van der Waals surface area contributed by atoms with Gasteiger partial charge in [-0.2, -0.15) is 0 Å². The fraction of sp³-hybridized carbons (Fsp3) is 0.0952. The highest BCUT2D eigenvalue weighted by molar-refractivity contribution is 6.05. The number of ketones is 1. The number of nitrogens with zero attached hydrogens (tertiary/aromatic N) is 1. The summed E-state index contributed by atoms with van der Waals surface area (Å²) in [5.41, 5.74) is 2.97. The number of benzene rings is 2. The van der Waals surface area contributed by atoms with Crippen LogP contribution in [-0.4, -0.2) is 23.8 Å². The summed E-state index contributed by atoms with van der Waals surface area (Å²) in [5, 5.41) is 5.98.